The van der Waals surface area contributed by atoms with Crippen molar-refractivity contribution in [3.05, 3.63) is 65.2 Å². The third-order valence-corrected chi connectivity index (χ3v) is 4.89. The number of methoxy groups -OCH3 is 1. The SMILES string of the molecule is COc1ccccc1CNC(=O)C(NC(=O)c1ccc(C(C)(C)C)cc1)C(C)C. The second-order valence-electron chi connectivity index (χ2n) is 8.55. The van der Waals surface area contributed by atoms with Gasteiger partial charge in [0.1, 0.15) is 11.8 Å². The zero-order chi connectivity index (χ0) is 21.6. The van der Waals surface area contributed by atoms with Gasteiger partial charge in [-0.05, 0) is 35.1 Å². The first-order valence-electron chi connectivity index (χ1n) is 9.94. The number of nitrogens with one attached hydrogen (secondary N) is 2. The van der Waals surface area contributed by atoms with Crippen LogP contribution in [0.3, 0.4) is 0 Å². The average Bonchev–Trinajstić information content (AvgIpc) is 2.69. The van der Waals surface area contributed by atoms with E-state index in [1.165, 1.54) is 0 Å². The van der Waals surface area contributed by atoms with Gasteiger partial charge in [0.05, 0.1) is 7.11 Å². The number of ether oxygens (including phenoxy) is 1. The fourth-order valence-electron chi connectivity index (χ4n) is 3.02. The lowest BCUT2D eigenvalue weighted by atomic mass is 9.86. The van der Waals surface area contributed by atoms with Gasteiger partial charge in [-0.2, -0.15) is 0 Å². The molecule has 0 heterocycles. The van der Waals surface area contributed by atoms with Crippen LogP contribution in [0.2, 0.25) is 0 Å². The molecule has 0 saturated carbocycles. The van der Waals surface area contributed by atoms with Gasteiger partial charge in [0.25, 0.3) is 5.91 Å². The van der Waals surface area contributed by atoms with Gasteiger partial charge in [0.15, 0.2) is 0 Å². The summed E-state index contributed by atoms with van der Waals surface area (Å²) < 4.78 is 5.32. The van der Waals surface area contributed by atoms with Crippen molar-refractivity contribution >= 4 is 11.8 Å². The van der Waals surface area contributed by atoms with Crippen molar-refractivity contribution in [1.29, 1.82) is 0 Å². The van der Waals surface area contributed by atoms with Crippen LogP contribution in [0.25, 0.3) is 0 Å². The number of carbonyl (C=O) groups excluding carboxylic acids is 2. The molecule has 29 heavy (non-hydrogen) atoms. The predicted molar refractivity (Wildman–Crippen MR) is 116 cm³/mol. The second-order valence-corrected chi connectivity index (χ2v) is 8.55. The van der Waals surface area contributed by atoms with E-state index in [0.29, 0.717) is 12.1 Å². The van der Waals surface area contributed by atoms with Crippen LogP contribution < -0.4 is 15.4 Å². The highest BCUT2D eigenvalue weighted by molar-refractivity contribution is 5.97. The zero-order valence-electron chi connectivity index (χ0n) is 18.2. The normalized spacial score (nSPS) is 12.4. The van der Waals surface area contributed by atoms with Crippen LogP contribution in [-0.2, 0) is 16.8 Å². The number of hydrogen-bond donors (Lipinski definition) is 2. The third kappa shape index (κ3) is 6.08. The van der Waals surface area contributed by atoms with Crippen molar-refractivity contribution in [1.82, 2.24) is 10.6 Å². The number of amides is 2. The summed E-state index contributed by atoms with van der Waals surface area (Å²) in [6.07, 6.45) is 0. The molecule has 156 valence electrons. The van der Waals surface area contributed by atoms with Gasteiger partial charge in [-0.1, -0.05) is 65.0 Å². The topological polar surface area (TPSA) is 67.4 Å². The van der Waals surface area contributed by atoms with E-state index in [2.05, 4.69) is 31.4 Å². The van der Waals surface area contributed by atoms with Gasteiger partial charge in [-0.25, -0.2) is 0 Å². The van der Waals surface area contributed by atoms with Gasteiger partial charge < -0.3 is 15.4 Å². The predicted octanol–water partition coefficient (Wildman–Crippen LogP) is 4.06. The fourth-order valence-corrected chi connectivity index (χ4v) is 3.02. The van der Waals surface area contributed by atoms with E-state index in [0.717, 1.165) is 16.9 Å². The van der Waals surface area contributed by atoms with Crippen LogP contribution in [0.15, 0.2) is 48.5 Å². The van der Waals surface area contributed by atoms with Crippen LogP contribution in [0.5, 0.6) is 5.75 Å². The average molecular weight is 397 g/mol. The first-order valence-corrected chi connectivity index (χ1v) is 9.94. The van der Waals surface area contributed by atoms with Gasteiger partial charge in [0.2, 0.25) is 5.91 Å². The molecule has 2 amide bonds. The van der Waals surface area contributed by atoms with Gasteiger partial charge in [-0.3, -0.25) is 9.59 Å². The summed E-state index contributed by atoms with van der Waals surface area (Å²) in [6.45, 7) is 10.5. The summed E-state index contributed by atoms with van der Waals surface area (Å²) in [5, 5.41) is 5.78. The molecule has 5 nitrogen and oxygen atoms in total. The van der Waals surface area contributed by atoms with Crippen molar-refractivity contribution in [2.75, 3.05) is 7.11 Å². The van der Waals surface area contributed by atoms with Crippen molar-refractivity contribution in [3.8, 4) is 5.75 Å². The lowest BCUT2D eigenvalue weighted by Gasteiger charge is -2.23. The minimum atomic E-state index is -0.625. The molecule has 2 aromatic carbocycles. The van der Waals surface area contributed by atoms with E-state index < -0.39 is 6.04 Å². The molecular weight excluding hydrogens is 364 g/mol. The number of carbonyl (C=O) groups is 2. The molecule has 0 aromatic heterocycles. The summed E-state index contributed by atoms with van der Waals surface area (Å²) >= 11 is 0. The maximum atomic E-state index is 12.7. The Morgan fingerprint density at radius 3 is 2.17 bits per heavy atom. The molecule has 0 aliphatic rings. The highest BCUT2D eigenvalue weighted by Crippen LogP contribution is 2.22. The molecule has 0 radical (unpaired) electrons. The lowest BCUT2D eigenvalue weighted by molar-refractivity contribution is -0.124. The number of rotatable bonds is 7. The summed E-state index contributed by atoms with van der Waals surface area (Å²) in [5.41, 5.74) is 2.61. The molecule has 0 aliphatic carbocycles. The van der Waals surface area contributed by atoms with Crippen molar-refractivity contribution < 1.29 is 14.3 Å². The van der Waals surface area contributed by atoms with E-state index >= 15 is 0 Å². The summed E-state index contributed by atoms with van der Waals surface area (Å²) in [5.74, 6) is 0.199. The second kappa shape index (κ2) is 9.59. The molecule has 0 saturated heterocycles. The Bertz CT molecular complexity index is 836. The largest absolute Gasteiger partial charge is 0.496 e. The van der Waals surface area contributed by atoms with Crippen molar-refractivity contribution in [2.45, 2.75) is 52.6 Å². The summed E-state index contributed by atoms with van der Waals surface area (Å²) in [6, 6.07) is 14.4. The maximum absolute atomic E-state index is 12.7. The molecule has 0 bridgehead atoms. The van der Waals surface area contributed by atoms with Crippen LogP contribution in [0.4, 0.5) is 0 Å². The van der Waals surface area contributed by atoms with Crippen LogP contribution >= 0.6 is 0 Å². The van der Waals surface area contributed by atoms with Crippen LogP contribution in [-0.4, -0.2) is 25.0 Å². The van der Waals surface area contributed by atoms with Crippen LogP contribution in [0, 0.1) is 5.92 Å². The Hall–Kier alpha value is -2.82. The third-order valence-electron chi connectivity index (χ3n) is 4.89. The molecular formula is C24H32N2O3. The van der Waals surface area contributed by atoms with E-state index in [1.807, 2.05) is 50.2 Å². The fraction of sp³-hybridized carbons (Fsp3) is 0.417. The van der Waals surface area contributed by atoms with Crippen LogP contribution in [0.1, 0.15) is 56.1 Å². The molecule has 2 rings (SSSR count). The molecule has 2 N–H and O–H groups in total. The monoisotopic (exact) mass is 396 g/mol. The van der Waals surface area contributed by atoms with Gasteiger partial charge in [0, 0.05) is 17.7 Å². The maximum Gasteiger partial charge on any atom is 0.251 e. The summed E-state index contributed by atoms with van der Waals surface area (Å²) in [4.78, 5) is 25.4. The molecule has 1 unspecified atom stereocenters. The minimum Gasteiger partial charge on any atom is -0.496 e. The zero-order valence-corrected chi connectivity index (χ0v) is 18.2. The Kier molecular flexibility index (Phi) is 7.43. The van der Waals surface area contributed by atoms with E-state index in [1.54, 1.807) is 19.2 Å². The van der Waals surface area contributed by atoms with E-state index in [4.69, 9.17) is 4.74 Å². The Labute approximate surface area is 173 Å². The standard InChI is InChI=1S/C24H32N2O3/c1-16(2)21(23(28)25-15-18-9-7-8-10-20(18)29-6)26-22(27)17-11-13-19(14-12-17)24(3,4)5/h7-14,16,21H,15H2,1-6H3,(H,25,28)(H,26,27). The quantitative estimate of drug-likeness (QED) is 0.741. The summed E-state index contributed by atoms with van der Waals surface area (Å²) in [7, 11) is 1.60. The molecule has 2 aromatic rings. The number of para-hydroxylation sites is 1. The Balaban J connectivity index is 2.05. The molecule has 5 heteroatoms. The molecule has 0 spiro atoms. The molecule has 1 atom stereocenters. The molecule has 0 aliphatic heterocycles. The highest BCUT2D eigenvalue weighted by Gasteiger charge is 2.25. The van der Waals surface area contributed by atoms with Crippen molar-refractivity contribution in [2.24, 2.45) is 5.92 Å². The lowest BCUT2D eigenvalue weighted by Crippen LogP contribution is -2.49. The van der Waals surface area contributed by atoms with E-state index in [9.17, 15) is 9.59 Å². The Morgan fingerprint density at radius 2 is 1.62 bits per heavy atom. The number of hydrogen-bond acceptors (Lipinski definition) is 3. The van der Waals surface area contributed by atoms with Gasteiger partial charge in [-0.15, -0.1) is 0 Å². The van der Waals surface area contributed by atoms with Gasteiger partial charge >= 0.3 is 0 Å². The minimum absolute atomic E-state index is 0.0217. The Morgan fingerprint density at radius 1 is 1.00 bits per heavy atom. The smallest absolute Gasteiger partial charge is 0.251 e. The highest BCUT2D eigenvalue weighted by atomic mass is 16.5. The first kappa shape index (κ1) is 22.5. The molecule has 0 fully saturated rings. The van der Waals surface area contributed by atoms with Crippen molar-refractivity contribution in [3.63, 3.8) is 0 Å². The van der Waals surface area contributed by atoms with E-state index in [-0.39, 0.29) is 23.1 Å². The number of benzene rings is 2. The first-order chi connectivity index (χ1) is 13.6.